The fourth-order valence-corrected chi connectivity index (χ4v) is 1.23. The third-order valence-electron chi connectivity index (χ3n) is 1.72. The van der Waals surface area contributed by atoms with Crippen LogP contribution < -0.4 is 5.73 Å². The summed E-state index contributed by atoms with van der Waals surface area (Å²) < 4.78 is 0. The van der Waals surface area contributed by atoms with Crippen LogP contribution in [0.2, 0.25) is 5.02 Å². The predicted octanol–water partition coefficient (Wildman–Crippen LogP) is 1.87. The van der Waals surface area contributed by atoms with Crippen LogP contribution in [0.1, 0.15) is 0 Å². The Bertz CT molecular complexity index is 428. The van der Waals surface area contributed by atoms with E-state index in [1.807, 2.05) is 6.07 Å². The summed E-state index contributed by atoms with van der Waals surface area (Å²) in [7, 11) is 0. The number of fused-ring (bicyclic) bond motifs is 1. The standard InChI is InChI=1S/C8H6ClN3/c9-7-2-1-5-3-11-12-4-6(5)8(7)10/h1-4H,10H2. The summed E-state index contributed by atoms with van der Waals surface area (Å²) >= 11 is 5.81. The van der Waals surface area contributed by atoms with Crippen molar-refractivity contribution in [2.75, 3.05) is 5.73 Å². The predicted molar refractivity (Wildman–Crippen MR) is 49.0 cm³/mol. The molecule has 60 valence electrons. The molecule has 0 spiro atoms. The molecule has 1 aromatic heterocycles. The van der Waals surface area contributed by atoms with Crippen LogP contribution in [0.25, 0.3) is 10.8 Å². The number of hydrogen-bond acceptors (Lipinski definition) is 3. The van der Waals surface area contributed by atoms with E-state index in [9.17, 15) is 0 Å². The molecule has 0 amide bonds. The molecule has 0 unspecified atom stereocenters. The van der Waals surface area contributed by atoms with E-state index in [1.165, 1.54) is 0 Å². The van der Waals surface area contributed by atoms with Gasteiger partial charge in [-0.05, 0) is 6.07 Å². The lowest BCUT2D eigenvalue weighted by Crippen LogP contribution is -1.89. The maximum Gasteiger partial charge on any atom is 0.0642 e. The van der Waals surface area contributed by atoms with Gasteiger partial charge in [0.1, 0.15) is 0 Å². The number of rotatable bonds is 0. The third kappa shape index (κ3) is 0.987. The van der Waals surface area contributed by atoms with Crippen LogP contribution >= 0.6 is 11.6 Å². The van der Waals surface area contributed by atoms with Gasteiger partial charge in [0.05, 0.1) is 23.1 Å². The van der Waals surface area contributed by atoms with Crippen molar-refractivity contribution in [1.82, 2.24) is 10.2 Å². The minimum absolute atomic E-state index is 0.551. The monoisotopic (exact) mass is 179 g/mol. The molecule has 2 aromatic rings. The first-order valence-electron chi connectivity index (χ1n) is 3.43. The van der Waals surface area contributed by atoms with E-state index in [2.05, 4.69) is 10.2 Å². The topological polar surface area (TPSA) is 51.8 Å². The van der Waals surface area contributed by atoms with E-state index in [1.54, 1.807) is 18.5 Å². The highest BCUT2D eigenvalue weighted by Crippen LogP contribution is 2.26. The van der Waals surface area contributed by atoms with Gasteiger partial charge in [-0.2, -0.15) is 10.2 Å². The Balaban J connectivity index is 2.91. The average molecular weight is 180 g/mol. The van der Waals surface area contributed by atoms with Gasteiger partial charge in [-0.25, -0.2) is 0 Å². The van der Waals surface area contributed by atoms with E-state index < -0.39 is 0 Å². The van der Waals surface area contributed by atoms with Crippen LogP contribution in [0.4, 0.5) is 5.69 Å². The summed E-state index contributed by atoms with van der Waals surface area (Å²) in [5.74, 6) is 0. The molecular formula is C8H6ClN3. The molecule has 0 radical (unpaired) electrons. The molecule has 12 heavy (non-hydrogen) atoms. The van der Waals surface area contributed by atoms with E-state index in [0.717, 1.165) is 10.8 Å². The molecule has 0 aliphatic carbocycles. The first-order valence-corrected chi connectivity index (χ1v) is 3.81. The molecule has 1 aromatic carbocycles. The second-order valence-corrected chi connectivity index (χ2v) is 2.86. The zero-order valence-corrected chi connectivity index (χ0v) is 6.92. The Morgan fingerprint density at radius 2 is 1.92 bits per heavy atom. The van der Waals surface area contributed by atoms with E-state index in [-0.39, 0.29) is 0 Å². The lowest BCUT2D eigenvalue weighted by atomic mass is 10.2. The van der Waals surface area contributed by atoms with Gasteiger partial charge in [0.15, 0.2) is 0 Å². The Kier molecular flexibility index (Phi) is 1.59. The molecule has 1 heterocycles. The van der Waals surface area contributed by atoms with E-state index in [0.29, 0.717) is 10.7 Å². The van der Waals surface area contributed by atoms with Crippen molar-refractivity contribution in [2.24, 2.45) is 0 Å². The van der Waals surface area contributed by atoms with Crippen LogP contribution in [-0.4, -0.2) is 10.2 Å². The molecule has 0 saturated carbocycles. The SMILES string of the molecule is Nc1c(Cl)ccc2cnncc12. The van der Waals surface area contributed by atoms with Crippen LogP contribution in [0.5, 0.6) is 0 Å². The quantitative estimate of drug-likeness (QED) is 0.628. The van der Waals surface area contributed by atoms with Crippen LogP contribution in [0.3, 0.4) is 0 Å². The van der Waals surface area contributed by atoms with Crippen LogP contribution in [0, 0.1) is 0 Å². The van der Waals surface area contributed by atoms with Crippen molar-refractivity contribution >= 4 is 28.1 Å². The number of hydrogen-bond donors (Lipinski definition) is 1. The Morgan fingerprint density at radius 3 is 2.75 bits per heavy atom. The highest BCUT2D eigenvalue weighted by molar-refractivity contribution is 6.34. The number of anilines is 1. The van der Waals surface area contributed by atoms with Crippen molar-refractivity contribution < 1.29 is 0 Å². The minimum atomic E-state index is 0.551. The van der Waals surface area contributed by atoms with Gasteiger partial charge in [-0.1, -0.05) is 17.7 Å². The molecule has 0 bridgehead atoms. The minimum Gasteiger partial charge on any atom is -0.397 e. The maximum atomic E-state index is 5.81. The Hall–Kier alpha value is -1.35. The molecule has 2 rings (SSSR count). The fraction of sp³-hybridized carbons (Fsp3) is 0. The molecule has 3 nitrogen and oxygen atoms in total. The van der Waals surface area contributed by atoms with Crippen molar-refractivity contribution in [3.63, 3.8) is 0 Å². The normalized spacial score (nSPS) is 10.4. The van der Waals surface area contributed by atoms with Crippen LogP contribution in [-0.2, 0) is 0 Å². The molecule has 0 fully saturated rings. The van der Waals surface area contributed by atoms with Crippen molar-refractivity contribution in [2.45, 2.75) is 0 Å². The van der Waals surface area contributed by atoms with Gasteiger partial charge in [-0.15, -0.1) is 0 Å². The molecule has 0 saturated heterocycles. The van der Waals surface area contributed by atoms with Gasteiger partial charge >= 0.3 is 0 Å². The zero-order valence-electron chi connectivity index (χ0n) is 6.16. The van der Waals surface area contributed by atoms with Gasteiger partial charge in [0, 0.05) is 10.8 Å². The summed E-state index contributed by atoms with van der Waals surface area (Å²) in [6.45, 7) is 0. The van der Waals surface area contributed by atoms with E-state index in [4.69, 9.17) is 17.3 Å². The van der Waals surface area contributed by atoms with Gasteiger partial charge < -0.3 is 5.73 Å². The summed E-state index contributed by atoms with van der Waals surface area (Å²) in [6.07, 6.45) is 3.26. The van der Waals surface area contributed by atoms with Crippen molar-refractivity contribution in [1.29, 1.82) is 0 Å². The van der Waals surface area contributed by atoms with Gasteiger partial charge in [0.25, 0.3) is 0 Å². The molecule has 0 atom stereocenters. The lowest BCUT2D eigenvalue weighted by molar-refractivity contribution is 1.05. The molecule has 4 heteroatoms. The number of aromatic nitrogens is 2. The first-order chi connectivity index (χ1) is 5.79. The number of benzene rings is 1. The number of nitrogens with zero attached hydrogens (tertiary/aromatic N) is 2. The summed E-state index contributed by atoms with van der Waals surface area (Å²) in [5.41, 5.74) is 6.28. The largest absolute Gasteiger partial charge is 0.397 e. The fourth-order valence-electron chi connectivity index (χ4n) is 1.07. The highest BCUT2D eigenvalue weighted by atomic mass is 35.5. The molecule has 0 aliphatic rings. The average Bonchev–Trinajstić information content (AvgIpc) is 2.12. The Labute approximate surface area is 74.2 Å². The molecule has 0 aliphatic heterocycles. The molecular weight excluding hydrogens is 174 g/mol. The van der Waals surface area contributed by atoms with Gasteiger partial charge in [0.2, 0.25) is 0 Å². The van der Waals surface area contributed by atoms with Crippen LogP contribution in [0.15, 0.2) is 24.5 Å². The zero-order chi connectivity index (χ0) is 8.55. The second kappa shape index (κ2) is 2.60. The summed E-state index contributed by atoms with van der Waals surface area (Å²) in [4.78, 5) is 0. The summed E-state index contributed by atoms with van der Waals surface area (Å²) in [5, 5.41) is 9.81. The van der Waals surface area contributed by atoms with Crippen molar-refractivity contribution in [3.05, 3.63) is 29.5 Å². The summed E-state index contributed by atoms with van der Waals surface area (Å²) in [6, 6.07) is 3.61. The number of halogens is 1. The smallest absolute Gasteiger partial charge is 0.0642 e. The van der Waals surface area contributed by atoms with Gasteiger partial charge in [-0.3, -0.25) is 0 Å². The second-order valence-electron chi connectivity index (χ2n) is 2.45. The number of nitrogen functional groups attached to an aromatic ring is 1. The van der Waals surface area contributed by atoms with Crippen molar-refractivity contribution in [3.8, 4) is 0 Å². The maximum absolute atomic E-state index is 5.81. The Morgan fingerprint density at radius 1 is 1.17 bits per heavy atom. The van der Waals surface area contributed by atoms with E-state index >= 15 is 0 Å². The first kappa shape index (κ1) is 7.31. The molecule has 2 N–H and O–H groups in total. The lowest BCUT2D eigenvalue weighted by Gasteiger charge is -2.01. The third-order valence-corrected chi connectivity index (χ3v) is 2.05. The highest BCUT2D eigenvalue weighted by Gasteiger charge is 2.01. The number of nitrogens with two attached hydrogens (primary N) is 1.